The molecule has 0 N–H and O–H groups in total. The molecular formula is C13H21NS. The fourth-order valence-corrected chi connectivity index (χ4v) is 2.70. The zero-order valence-electron chi connectivity index (χ0n) is 10.2. The molecular weight excluding hydrogens is 202 g/mol. The summed E-state index contributed by atoms with van der Waals surface area (Å²) in [6, 6.07) is 10.6. The third-order valence-corrected chi connectivity index (χ3v) is 3.65. The molecule has 0 aliphatic heterocycles. The maximum Gasteiger partial charge on any atom is 0.00721 e. The van der Waals surface area contributed by atoms with Gasteiger partial charge in [-0.3, -0.25) is 0 Å². The Morgan fingerprint density at radius 2 is 1.73 bits per heavy atom. The van der Waals surface area contributed by atoms with Gasteiger partial charge in [0.2, 0.25) is 0 Å². The standard InChI is InChI=1S/C13H21NS/c1-13(2,10-14(3)4)11-15-12-8-6-5-7-9-12/h5-9H,10-11H2,1-4H3. The van der Waals surface area contributed by atoms with Gasteiger partial charge >= 0.3 is 0 Å². The zero-order chi connectivity index (χ0) is 11.3. The van der Waals surface area contributed by atoms with Crippen molar-refractivity contribution in [2.24, 2.45) is 5.41 Å². The predicted octanol–water partition coefficient (Wildman–Crippen LogP) is 3.37. The molecule has 1 aromatic rings. The van der Waals surface area contributed by atoms with E-state index in [1.165, 1.54) is 4.90 Å². The largest absolute Gasteiger partial charge is 0.309 e. The first-order valence-electron chi connectivity index (χ1n) is 5.32. The lowest BCUT2D eigenvalue weighted by atomic mass is 9.96. The molecule has 0 radical (unpaired) electrons. The van der Waals surface area contributed by atoms with E-state index in [0.29, 0.717) is 5.41 Å². The molecule has 0 saturated heterocycles. The number of nitrogens with zero attached hydrogens (tertiary/aromatic N) is 1. The van der Waals surface area contributed by atoms with E-state index in [-0.39, 0.29) is 0 Å². The predicted molar refractivity (Wildman–Crippen MR) is 69.5 cm³/mol. The molecule has 0 amide bonds. The first kappa shape index (κ1) is 12.6. The lowest BCUT2D eigenvalue weighted by Crippen LogP contribution is -2.30. The van der Waals surface area contributed by atoms with Crippen molar-refractivity contribution in [2.45, 2.75) is 18.7 Å². The second-order valence-corrected chi connectivity index (χ2v) is 6.05. The van der Waals surface area contributed by atoms with Crippen LogP contribution in [0.1, 0.15) is 13.8 Å². The third kappa shape index (κ3) is 5.24. The molecule has 0 saturated carbocycles. The van der Waals surface area contributed by atoms with Crippen LogP contribution in [0, 0.1) is 5.41 Å². The molecule has 0 aliphatic rings. The van der Waals surface area contributed by atoms with Crippen LogP contribution in [0.5, 0.6) is 0 Å². The van der Waals surface area contributed by atoms with E-state index in [9.17, 15) is 0 Å². The van der Waals surface area contributed by atoms with Gasteiger partial charge in [0, 0.05) is 17.2 Å². The second kappa shape index (κ2) is 5.57. The van der Waals surface area contributed by atoms with Gasteiger partial charge in [0.25, 0.3) is 0 Å². The Hall–Kier alpha value is -0.470. The van der Waals surface area contributed by atoms with Gasteiger partial charge in [0.15, 0.2) is 0 Å². The number of rotatable bonds is 5. The number of hydrogen-bond donors (Lipinski definition) is 0. The average Bonchev–Trinajstić information content (AvgIpc) is 2.15. The summed E-state index contributed by atoms with van der Waals surface area (Å²) < 4.78 is 0. The molecule has 1 rings (SSSR count). The normalized spacial score (nSPS) is 12.1. The van der Waals surface area contributed by atoms with Gasteiger partial charge in [0.1, 0.15) is 0 Å². The second-order valence-electron chi connectivity index (χ2n) is 5.00. The highest BCUT2D eigenvalue weighted by atomic mass is 32.2. The van der Waals surface area contributed by atoms with Crippen molar-refractivity contribution in [3.8, 4) is 0 Å². The molecule has 0 spiro atoms. The van der Waals surface area contributed by atoms with E-state index in [1.807, 2.05) is 11.8 Å². The van der Waals surface area contributed by atoms with Gasteiger partial charge in [0.05, 0.1) is 0 Å². The third-order valence-electron chi connectivity index (χ3n) is 2.12. The van der Waals surface area contributed by atoms with E-state index >= 15 is 0 Å². The topological polar surface area (TPSA) is 3.24 Å². The minimum absolute atomic E-state index is 0.365. The van der Waals surface area contributed by atoms with Crippen LogP contribution in [0.4, 0.5) is 0 Å². The molecule has 0 unspecified atom stereocenters. The quantitative estimate of drug-likeness (QED) is 0.704. The smallest absolute Gasteiger partial charge is 0.00721 e. The van der Waals surface area contributed by atoms with Crippen molar-refractivity contribution >= 4 is 11.8 Å². The van der Waals surface area contributed by atoms with Crippen LogP contribution < -0.4 is 0 Å². The van der Waals surface area contributed by atoms with Crippen LogP contribution in [0.3, 0.4) is 0 Å². The molecule has 0 aliphatic carbocycles. The van der Waals surface area contributed by atoms with Gasteiger partial charge in [-0.05, 0) is 31.6 Å². The van der Waals surface area contributed by atoms with Crippen LogP contribution in [-0.4, -0.2) is 31.3 Å². The molecule has 1 aromatic carbocycles. The maximum atomic E-state index is 2.32. The fraction of sp³-hybridized carbons (Fsp3) is 0.538. The summed E-state index contributed by atoms with van der Waals surface area (Å²) in [5.41, 5.74) is 0.365. The van der Waals surface area contributed by atoms with Crippen LogP contribution in [0.25, 0.3) is 0 Å². The number of benzene rings is 1. The highest BCUT2D eigenvalue weighted by molar-refractivity contribution is 7.99. The van der Waals surface area contributed by atoms with Gasteiger partial charge in [-0.25, -0.2) is 0 Å². The Morgan fingerprint density at radius 3 is 2.27 bits per heavy atom. The lowest BCUT2D eigenvalue weighted by molar-refractivity contribution is 0.268. The summed E-state index contributed by atoms with van der Waals surface area (Å²) in [5.74, 6) is 1.16. The first-order chi connectivity index (χ1) is 6.99. The van der Waals surface area contributed by atoms with Gasteiger partial charge in [-0.2, -0.15) is 0 Å². The molecule has 84 valence electrons. The summed E-state index contributed by atoms with van der Waals surface area (Å²) >= 11 is 1.94. The van der Waals surface area contributed by atoms with Crippen LogP contribution in [0.15, 0.2) is 35.2 Å². The van der Waals surface area contributed by atoms with E-state index in [1.54, 1.807) is 0 Å². The Bertz CT molecular complexity index is 280. The molecule has 0 aromatic heterocycles. The molecule has 0 heterocycles. The monoisotopic (exact) mass is 223 g/mol. The minimum atomic E-state index is 0.365. The maximum absolute atomic E-state index is 2.32. The lowest BCUT2D eigenvalue weighted by Gasteiger charge is -2.27. The van der Waals surface area contributed by atoms with Crippen LogP contribution >= 0.6 is 11.8 Å². The number of thioether (sulfide) groups is 1. The number of hydrogen-bond acceptors (Lipinski definition) is 2. The van der Waals surface area contributed by atoms with Crippen molar-refractivity contribution in [2.75, 3.05) is 26.4 Å². The first-order valence-corrected chi connectivity index (χ1v) is 6.31. The zero-order valence-corrected chi connectivity index (χ0v) is 11.0. The van der Waals surface area contributed by atoms with E-state index < -0.39 is 0 Å². The van der Waals surface area contributed by atoms with Crippen molar-refractivity contribution in [3.63, 3.8) is 0 Å². The van der Waals surface area contributed by atoms with Gasteiger partial charge in [-0.1, -0.05) is 32.0 Å². The van der Waals surface area contributed by atoms with Crippen LogP contribution in [0.2, 0.25) is 0 Å². The van der Waals surface area contributed by atoms with Crippen LogP contribution in [-0.2, 0) is 0 Å². The average molecular weight is 223 g/mol. The Morgan fingerprint density at radius 1 is 1.13 bits per heavy atom. The summed E-state index contributed by atoms with van der Waals surface area (Å²) in [4.78, 5) is 3.62. The molecule has 1 nitrogen and oxygen atoms in total. The Labute approximate surface area is 97.9 Å². The minimum Gasteiger partial charge on any atom is -0.309 e. The van der Waals surface area contributed by atoms with Crippen molar-refractivity contribution in [1.82, 2.24) is 4.90 Å². The van der Waals surface area contributed by atoms with Crippen molar-refractivity contribution in [3.05, 3.63) is 30.3 Å². The summed E-state index contributed by atoms with van der Waals surface area (Å²) in [6.45, 7) is 5.78. The van der Waals surface area contributed by atoms with Gasteiger partial charge < -0.3 is 4.90 Å². The summed E-state index contributed by atoms with van der Waals surface area (Å²) in [6.07, 6.45) is 0. The SMILES string of the molecule is CN(C)CC(C)(C)CSc1ccccc1. The van der Waals surface area contributed by atoms with Crippen molar-refractivity contribution < 1.29 is 0 Å². The summed E-state index contributed by atoms with van der Waals surface area (Å²) in [5, 5.41) is 0. The molecule has 0 atom stereocenters. The highest BCUT2D eigenvalue weighted by Gasteiger charge is 2.18. The highest BCUT2D eigenvalue weighted by Crippen LogP contribution is 2.27. The molecule has 15 heavy (non-hydrogen) atoms. The van der Waals surface area contributed by atoms with E-state index in [4.69, 9.17) is 0 Å². The Balaban J connectivity index is 2.42. The van der Waals surface area contributed by atoms with E-state index in [0.717, 1.165) is 12.3 Å². The molecule has 2 heteroatoms. The Kier molecular flexibility index (Phi) is 4.68. The van der Waals surface area contributed by atoms with Crippen molar-refractivity contribution in [1.29, 1.82) is 0 Å². The molecule has 0 fully saturated rings. The fourth-order valence-electron chi connectivity index (χ4n) is 1.70. The summed E-state index contributed by atoms with van der Waals surface area (Å²) in [7, 11) is 4.27. The van der Waals surface area contributed by atoms with E-state index in [2.05, 4.69) is 63.2 Å². The van der Waals surface area contributed by atoms with Gasteiger partial charge in [-0.15, -0.1) is 11.8 Å². The molecule has 0 bridgehead atoms.